The highest BCUT2D eigenvalue weighted by atomic mass is 35.5. The second kappa shape index (κ2) is 9.81. The van der Waals surface area contributed by atoms with Gasteiger partial charge in [0.15, 0.2) is 0 Å². The van der Waals surface area contributed by atoms with Crippen molar-refractivity contribution in [3.8, 4) is 10.9 Å². The third-order valence-corrected chi connectivity index (χ3v) is 9.26. The Morgan fingerprint density at radius 1 is 1.22 bits per heavy atom. The van der Waals surface area contributed by atoms with Gasteiger partial charge in [0.1, 0.15) is 17.1 Å². The molecule has 9 nitrogen and oxygen atoms in total. The molecule has 2 aromatic heterocycles. The number of carbonyl (C=O) groups is 1. The van der Waals surface area contributed by atoms with Crippen molar-refractivity contribution in [3.63, 3.8) is 0 Å². The molecule has 0 radical (unpaired) electrons. The van der Waals surface area contributed by atoms with Crippen molar-refractivity contribution in [2.75, 3.05) is 25.5 Å². The number of halogens is 1. The summed E-state index contributed by atoms with van der Waals surface area (Å²) in [6.45, 7) is 2.29. The molecule has 2 aromatic carbocycles. The monoisotopic (exact) mass is 545 g/mol. The van der Waals surface area contributed by atoms with Crippen LogP contribution in [0.15, 0.2) is 53.4 Å². The molecule has 36 heavy (non-hydrogen) atoms. The van der Waals surface area contributed by atoms with Crippen LogP contribution in [0.2, 0.25) is 5.02 Å². The fraction of sp³-hybridized carbons (Fsp3) is 0.292. The molecule has 1 fully saturated rings. The molecule has 3 heterocycles. The molecule has 0 saturated carbocycles. The molecule has 1 N–H and O–H groups in total. The summed E-state index contributed by atoms with van der Waals surface area (Å²) in [6, 6.07) is 13.6. The number of aryl methyl sites for hydroxylation is 1. The standard InChI is InChI=1S/C24H24ClN5O4S2/c1-15-13-21(30(28-15)24-27-22-19(25)6-3-7-20(22)35-24)26-23(31)16-5-4-12-29(14-16)36(32,33)18-10-8-17(34-2)9-11-18/h3,6-11,13,16H,4-5,12,14H2,1-2H3,(H,26,31). The highest BCUT2D eigenvalue weighted by molar-refractivity contribution is 7.89. The van der Waals surface area contributed by atoms with Crippen LogP contribution in [0.25, 0.3) is 15.3 Å². The van der Waals surface area contributed by atoms with E-state index in [1.165, 1.54) is 34.9 Å². The number of nitrogens with zero attached hydrogens (tertiary/aromatic N) is 4. The topological polar surface area (TPSA) is 106 Å². The predicted molar refractivity (Wildman–Crippen MR) is 140 cm³/mol. The van der Waals surface area contributed by atoms with E-state index in [2.05, 4.69) is 15.4 Å². The number of hydrogen-bond acceptors (Lipinski definition) is 7. The van der Waals surface area contributed by atoms with Crippen LogP contribution in [0, 0.1) is 12.8 Å². The lowest BCUT2D eigenvalue weighted by molar-refractivity contribution is -0.120. The zero-order valence-corrected chi connectivity index (χ0v) is 22.0. The molecule has 1 unspecified atom stereocenters. The summed E-state index contributed by atoms with van der Waals surface area (Å²) >= 11 is 7.70. The molecule has 0 spiro atoms. The van der Waals surface area contributed by atoms with Crippen LogP contribution < -0.4 is 10.1 Å². The molecule has 1 aliphatic heterocycles. The van der Waals surface area contributed by atoms with Gasteiger partial charge in [0, 0.05) is 19.2 Å². The molecular formula is C24H24ClN5O4S2. The summed E-state index contributed by atoms with van der Waals surface area (Å²) in [7, 11) is -2.21. The van der Waals surface area contributed by atoms with Crippen LogP contribution in [0.5, 0.6) is 5.75 Å². The summed E-state index contributed by atoms with van der Waals surface area (Å²) in [5.74, 6) is 0.292. The number of para-hydroxylation sites is 1. The van der Waals surface area contributed by atoms with Gasteiger partial charge in [-0.25, -0.2) is 13.4 Å². The summed E-state index contributed by atoms with van der Waals surface area (Å²) in [5, 5.41) is 8.57. The lowest BCUT2D eigenvalue weighted by Gasteiger charge is -2.31. The summed E-state index contributed by atoms with van der Waals surface area (Å²) in [5.41, 5.74) is 1.39. The van der Waals surface area contributed by atoms with Crippen LogP contribution in [0.3, 0.4) is 0 Å². The van der Waals surface area contributed by atoms with Gasteiger partial charge in [-0.05, 0) is 56.2 Å². The molecule has 1 amide bonds. The Balaban J connectivity index is 1.35. The maximum Gasteiger partial charge on any atom is 0.243 e. The average molecular weight is 546 g/mol. The number of piperidine rings is 1. The van der Waals surface area contributed by atoms with Crippen molar-refractivity contribution in [1.82, 2.24) is 19.1 Å². The number of carbonyl (C=O) groups excluding carboxylic acids is 1. The molecule has 5 rings (SSSR count). The van der Waals surface area contributed by atoms with E-state index in [0.717, 1.165) is 4.70 Å². The van der Waals surface area contributed by atoms with Crippen molar-refractivity contribution < 1.29 is 17.9 Å². The molecule has 1 aliphatic rings. The van der Waals surface area contributed by atoms with Gasteiger partial charge in [0.05, 0.1) is 33.3 Å². The van der Waals surface area contributed by atoms with Crippen molar-refractivity contribution >= 4 is 54.9 Å². The first-order chi connectivity index (χ1) is 17.3. The van der Waals surface area contributed by atoms with Crippen molar-refractivity contribution in [2.45, 2.75) is 24.7 Å². The number of hydrogen-bond donors (Lipinski definition) is 1. The molecule has 12 heteroatoms. The first-order valence-electron chi connectivity index (χ1n) is 11.3. The van der Waals surface area contributed by atoms with Crippen LogP contribution in [0.4, 0.5) is 5.82 Å². The maximum atomic E-state index is 13.3. The number of methoxy groups -OCH3 is 1. The van der Waals surface area contributed by atoms with Crippen molar-refractivity contribution in [3.05, 3.63) is 59.2 Å². The average Bonchev–Trinajstić information content (AvgIpc) is 3.48. The lowest BCUT2D eigenvalue weighted by atomic mass is 9.99. The number of amides is 1. The number of nitrogens with one attached hydrogen (secondary N) is 1. The first kappa shape index (κ1) is 24.7. The van der Waals surface area contributed by atoms with Gasteiger partial charge in [-0.2, -0.15) is 14.1 Å². The number of fused-ring (bicyclic) bond motifs is 1. The predicted octanol–water partition coefficient (Wildman–Crippen LogP) is 4.49. The maximum absolute atomic E-state index is 13.3. The Kier molecular flexibility index (Phi) is 6.73. The van der Waals surface area contributed by atoms with E-state index in [1.54, 1.807) is 28.9 Å². The highest BCUT2D eigenvalue weighted by Crippen LogP contribution is 2.32. The largest absolute Gasteiger partial charge is 0.497 e. The van der Waals surface area contributed by atoms with E-state index in [4.69, 9.17) is 16.3 Å². The van der Waals surface area contributed by atoms with Gasteiger partial charge >= 0.3 is 0 Å². The van der Waals surface area contributed by atoms with Crippen LogP contribution in [0.1, 0.15) is 18.5 Å². The second-order valence-corrected chi connectivity index (χ2v) is 11.9. The van der Waals surface area contributed by atoms with Crippen LogP contribution in [-0.4, -0.2) is 53.6 Å². The van der Waals surface area contributed by atoms with Gasteiger partial charge in [-0.3, -0.25) is 4.79 Å². The van der Waals surface area contributed by atoms with Crippen molar-refractivity contribution in [2.24, 2.45) is 5.92 Å². The normalized spacial score (nSPS) is 16.8. The molecule has 0 bridgehead atoms. The highest BCUT2D eigenvalue weighted by Gasteiger charge is 2.34. The molecule has 4 aromatic rings. The third kappa shape index (κ3) is 4.71. The fourth-order valence-electron chi connectivity index (χ4n) is 4.23. The number of ether oxygens (including phenoxy) is 1. The van der Waals surface area contributed by atoms with Gasteiger partial charge in [0.25, 0.3) is 0 Å². The smallest absolute Gasteiger partial charge is 0.243 e. The van der Waals surface area contributed by atoms with Crippen LogP contribution in [-0.2, 0) is 14.8 Å². The van der Waals surface area contributed by atoms with Gasteiger partial charge < -0.3 is 10.1 Å². The van der Waals surface area contributed by atoms with E-state index < -0.39 is 15.9 Å². The molecule has 188 valence electrons. The first-order valence-corrected chi connectivity index (χ1v) is 14.0. The van der Waals surface area contributed by atoms with E-state index in [-0.39, 0.29) is 17.3 Å². The van der Waals surface area contributed by atoms with E-state index >= 15 is 0 Å². The minimum atomic E-state index is -3.73. The second-order valence-electron chi connectivity index (χ2n) is 8.53. The minimum absolute atomic E-state index is 0.101. The van der Waals surface area contributed by atoms with Gasteiger partial charge in [-0.1, -0.05) is 29.0 Å². The summed E-state index contributed by atoms with van der Waals surface area (Å²) < 4.78 is 35.4. The fourth-order valence-corrected chi connectivity index (χ4v) is 6.98. The Morgan fingerprint density at radius 2 is 2.00 bits per heavy atom. The Bertz CT molecular complexity index is 1530. The Morgan fingerprint density at radius 3 is 2.72 bits per heavy atom. The number of aromatic nitrogens is 3. The zero-order chi connectivity index (χ0) is 25.4. The zero-order valence-electron chi connectivity index (χ0n) is 19.6. The number of sulfonamides is 1. The van der Waals surface area contributed by atoms with E-state index in [1.807, 2.05) is 19.1 Å². The van der Waals surface area contributed by atoms with Crippen molar-refractivity contribution in [1.29, 1.82) is 0 Å². The van der Waals surface area contributed by atoms with E-state index in [9.17, 15) is 13.2 Å². The Hall–Kier alpha value is -2.99. The van der Waals surface area contributed by atoms with Gasteiger partial charge in [-0.15, -0.1) is 0 Å². The Labute approximate surface area is 217 Å². The third-order valence-electron chi connectivity index (χ3n) is 6.07. The SMILES string of the molecule is COc1ccc(S(=O)(=O)N2CCCC(C(=O)Nc3cc(C)nn3-c3nc4c(Cl)cccc4s3)C2)cc1. The minimum Gasteiger partial charge on any atom is -0.497 e. The molecule has 0 aliphatic carbocycles. The molecular weight excluding hydrogens is 522 g/mol. The summed E-state index contributed by atoms with van der Waals surface area (Å²) in [6.07, 6.45) is 1.17. The van der Waals surface area contributed by atoms with Gasteiger partial charge in [0.2, 0.25) is 21.1 Å². The number of thiazole rings is 1. The lowest BCUT2D eigenvalue weighted by Crippen LogP contribution is -2.43. The number of rotatable bonds is 6. The van der Waals surface area contributed by atoms with Crippen LogP contribution >= 0.6 is 22.9 Å². The quantitative estimate of drug-likeness (QED) is 0.382. The van der Waals surface area contributed by atoms with E-state index in [0.29, 0.717) is 52.3 Å². The number of anilines is 1. The molecule has 1 saturated heterocycles. The number of benzene rings is 2. The summed E-state index contributed by atoms with van der Waals surface area (Å²) in [4.78, 5) is 18.0. The molecule has 1 atom stereocenters.